The molecule has 1 N–H and O–H groups in total. The summed E-state index contributed by atoms with van der Waals surface area (Å²) in [5, 5.41) is 3.27. The summed E-state index contributed by atoms with van der Waals surface area (Å²) in [6.45, 7) is 0. The molecule has 2 rings (SSSR count). The maximum absolute atomic E-state index is 11.8. The van der Waals surface area contributed by atoms with Crippen molar-refractivity contribution in [2.45, 2.75) is 38.1 Å². The summed E-state index contributed by atoms with van der Waals surface area (Å²) in [7, 11) is 1.35. The summed E-state index contributed by atoms with van der Waals surface area (Å²) in [6, 6.07) is 7.80. The number of carbonyl (C=O) groups is 1. The molecule has 0 atom stereocenters. The van der Waals surface area contributed by atoms with E-state index >= 15 is 0 Å². The van der Waals surface area contributed by atoms with Crippen LogP contribution in [0.3, 0.4) is 0 Å². The van der Waals surface area contributed by atoms with Gasteiger partial charge in [-0.25, -0.2) is 4.79 Å². The molecule has 0 unspecified atom stereocenters. The molecule has 0 saturated heterocycles. The van der Waals surface area contributed by atoms with Crippen molar-refractivity contribution >= 4 is 21.9 Å². The van der Waals surface area contributed by atoms with E-state index in [1.54, 1.807) is 12.3 Å². The maximum atomic E-state index is 11.8. The van der Waals surface area contributed by atoms with E-state index in [1.165, 1.54) is 26.4 Å². The summed E-state index contributed by atoms with van der Waals surface area (Å²) >= 11 is 3.40. The monoisotopic (exact) mass is 353 g/mol. The molecule has 114 valence electrons. The van der Waals surface area contributed by atoms with Crippen LogP contribution in [0.15, 0.2) is 40.7 Å². The summed E-state index contributed by atoms with van der Waals surface area (Å²) in [4.78, 5) is 11.8. The van der Waals surface area contributed by atoms with E-state index in [1.807, 2.05) is 18.2 Å². The SMILES string of the molecule is COC(=O)/C(=C\NC1CCCCC1)Oc1ccccc1Br. The second kappa shape index (κ2) is 8.08. The molecule has 0 amide bonds. The van der Waals surface area contributed by atoms with E-state index in [0.717, 1.165) is 17.3 Å². The molecule has 1 saturated carbocycles. The number of benzene rings is 1. The van der Waals surface area contributed by atoms with Gasteiger partial charge in [0.05, 0.1) is 11.6 Å². The Kier molecular flexibility index (Phi) is 6.11. The van der Waals surface area contributed by atoms with Crippen molar-refractivity contribution in [1.29, 1.82) is 0 Å². The zero-order valence-electron chi connectivity index (χ0n) is 12.1. The van der Waals surface area contributed by atoms with Crippen molar-refractivity contribution in [1.82, 2.24) is 5.32 Å². The molecular weight excluding hydrogens is 334 g/mol. The Balaban J connectivity index is 2.06. The molecule has 5 heteroatoms. The van der Waals surface area contributed by atoms with Gasteiger partial charge < -0.3 is 14.8 Å². The van der Waals surface area contributed by atoms with Gasteiger partial charge in [0.25, 0.3) is 0 Å². The van der Waals surface area contributed by atoms with Crippen LogP contribution in [0.1, 0.15) is 32.1 Å². The fraction of sp³-hybridized carbons (Fsp3) is 0.438. The van der Waals surface area contributed by atoms with E-state index in [9.17, 15) is 4.79 Å². The van der Waals surface area contributed by atoms with Gasteiger partial charge in [0.1, 0.15) is 5.75 Å². The number of ether oxygens (including phenoxy) is 2. The number of esters is 1. The van der Waals surface area contributed by atoms with Gasteiger partial charge in [0, 0.05) is 12.2 Å². The largest absolute Gasteiger partial charge is 0.463 e. The molecule has 0 aromatic heterocycles. The standard InChI is InChI=1S/C16H20BrNO3/c1-20-16(19)15(11-18-12-7-3-2-4-8-12)21-14-10-6-5-9-13(14)17/h5-6,9-12,18H,2-4,7-8H2,1H3/b15-11+. The van der Waals surface area contributed by atoms with Crippen LogP contribution in [0.5, 0.6) is 5.75 Å². The van der Waals surface area contributed by atoms with Crippen molar-refractivity contribution in [3.63, 3.8) is 0 Å². The van der Waals surface area contributed by atoms with Gasteiger partial charge in [-0.1, -0.05) is 31.4 Å². The zero-order valence-corrected chi connectivity index (χ0v) is 13.7. The average Bonchev–Trinajstić information content (AvgIpc) is 2.53. The van der Waals surface area contributed by atoms with E-state index in [0.29, 0.717) is 11.8 Å². The molecule has 21 heavy (non-hydrogen) atoms. The molecule has 0 radical (unpaired) electrons. The smallest absolute Gasteiger partial charge is 0.375 e. The first kappa shape index (κ1) is 15.9. The first-order valence-electron chi connectivity index (χ1n) is 7.17. The van der Waals surface area contributed by atoms with Crippen LogP contribution in [0, 0.1) is 0 Å². The Morgan fingerprint density at radius 2 is 2.00 bits per heavy atom. The van der Waals surface area contributed by atoms with Crippen molar-refractivity contribution in [3.05, 3.63) is 40.7 Å². The third-order valence-corrected chi connectivity index (χ3v) is 4.15. The summed E-state index contributed by atoms with van der Waals surface area (Å²) in [6.07, 6.45) is 7.62. The van der Waals surface area contributed by atoms with Crippen molar-refractivity contribution in [2.75, 3.05) is 7.11 Å². The Hall–Kier alpha value is -1.49. The lowest BCUT2D eigenvalue weighted by molar-refractivity contribution is -0.138. The van der Waals surface area contributed by atoms with E-state index in [2.05, 4.69) is 21.2 Å². The van der Waals surface area contributed by atoms with Crippen LogP contribution < -0.4 is 10.1 Å². The molecular formula is C16H20BrNO3. The number of rotatable bonds is 5. The van der Waals surface area contributed by atoms with Crippen LogP contribution in [0.25, 0.3) is 0 Å². The molecule has 0 heterocycles. The molecule has 1 aliphatic rings. The third-order valence-electron chi connectivity index (χ3n) is 3.50. The summed E-state index contributed by atoms with van der Waals surface area (Å²) in [5.74, 6) is 0.253. The van der Waals surface area contributed by atoms with E-state index < -0.39 is 5.97 Å². The number of carbonyl (C=O) groups excluding carboxylic acids is 1. The Morgan fingerprint density at radius 3 is 2.67 bits per heavy atom. The van der Waals surface area contributed by atoms with Gasteiger partial charge in [-0.15, -0.1) is 0 Å². The highest BCUT2D eigenvalue weighted by molar-refractivity contribution is 9.10. The molecule has 0 aliphatic heterocycles. The number of hydrogen-bond donors (Lipinski definition) is 1. The predicted molar refractivity (Wildman–Crippen MR) is 84.9 cm³/mol. The van der Waals surface area contributed by atoms with Crippen LogP contribution in [-0.4, -0.2) is 19.1 Å². The van der Waals surface area contributed by atoms with Crippen LogP contribution in [-0.2, 0) is 9.53 Å². The summed E-state index contributed by atoms with van der Waals surface area (Å²) in [5.41, 5.74) is 0. The lowest BCUT2D eigenvalue weighted by Gasteiger charge is -2.22. The number of hydrogen-bond acceptors (Lipinski definition) is 4. The zero-order chi connectivity index (χ0) is 15.1. The topological polar surface area (TPSA) is 47.6 Å². The van der Waals surface area contributed by atoms with E-state index in [4.69, 9.17) is 9.47 Å². The third kappa shape index (κ3) is 4.77. The van der Waals surface area contributed by atoms with Crippen molar-refractivity contribution in [2.24, 2.45) is 0 Å². The Bertz CT molecular complexity index is 510. The Labute approximate surface area is 133 Å². The average molecular weight is 354 g/mol. The number of nitrogens with one attached hydrogen (secondary N) is 1. The highest BCUT2D eigenvalue weighted by Crippen LogP contribution is 2.26. The van der Waals surface area contributed by atoms with E-state index in [-0.39, 0.29) is 5.76 Å². The lowest BCUT2D eigenvalue weighted by Crippen LogP contribution is -2.28. The molecule has 1 fully saturated rings. The van der Waals surface area contributed by atoms with Gasteiger partial charge in [-0.3, -0.25) is 0 Å². The maximum Gasteiger partial charge on any atom is 0.375 e. The number of para-hydroxylation sites is 1. The minimum Gasteiger partial charge on any atom is -0.463 e. The second-order valence-corrected chi connectivity index (χ2v) is 5.89. The van der Waals surface area contributed by atoms with Gasteiger partial charge in [-0.2, -0.15) is 0 Å². The number of halogens is 1. The fourth-order valence-electron chi connectivity index (χ4n) is 2.34. The van der Waals surface area contributed by atoms with Gasteiger partial charge >= 0.3 is 5.97 Å². The van der Waals surface area contributed by atoms with Gasteiger partial charge in [0.2, 0.25) is 5.76 Å². The second-order valence-electron chi connectivity index (χ2n) is 5.03. The van der Waals surface area contributed by atoms with Gasteiger partial charge in [0.15, 0.2) is 0 Å². The molecule has 1 aromatic carbocycles. The lowest BCUT2D eigenvalue weighted by atomic mass is 9.96. The molecule has 0 bridgehead atoms. The normalized spacial score (nSPS) is 16.4. The fourth-order valence-corrected chi connectivity index (χ4v) is 2.71. The first-order chi connectivity index (χ1) is 10.2. The predicted octanol–water partition coefficient (Wildman–Crippen LogP) is 3.76. The minimum absolute atomic E-state index is 0.162. The Morgan fingerprint density at radius 1 is 1.29 bits per heavy atom. The van der Waals surface area contributed by atoms with Crippen molar-refractivity contribution in [3.8, 4) is 5.75 Å². The molecule has 4 nitrogen and oxygen atoms in total. The van der Waals surface area contributed by atoms with Crippen LogP contribution in [0.2, 0.25) is 0 Å². The van der Waals surface area contributed by atoms with Crippen LogP contribution >= 0.6 is 15.9 Å². The molecule has 1 aliphatic carbocycles. The quantitative estimate of drug-likeness (QED) is 0.497. The molecule has 1 aromatic rings. The highest BCUT2D eigenvalue weighted by Gasteiger charge is 2.16. The molecule has 0 spiro atoms. The summed E-state index contributed by atoms with van der Waals surface area (Å²) < 4.78 is 11.2. The minimum atomic E-state index is -0.492. The van der Waals surface area contributed by atoms with Crippen LogP contribution in [0.4, 0.5) is 0 Å². The number of methoxy groups -OCH3 is 1. The van der Waals surface area contributed by atoms with Gasteiger partial charge in [-0.05, 0) is 40.9 Å². The highest BCUT2D eigenvalue weighted by atomic mass is 79.9. The van der Waals surface area contributed by atoms with Crippen molar-refractivity contribution < 1.29 is 14.3 Å². The first-order valence-corrected chi connectivity index (χ1v) is 7.97.